The summed E-state index contributed by atoms with van der Waals surface area (Å²) in [6.45, 7) is 7.25. The lowest BCUT2D eigenvalue weighted by atomic mass is 9.89. The summed E-state index contributed by atoms with van der Waals surface area (Å²) in [6.07, 6.45) is 3.55. The zero-order chi connectivity index (χ0) is 18.5. The Morgan fingerprint density at radius 3 is 2.62 bits per heavy atom. The van der Waals surface area contributed by atoms with Crippen molar-refractivity contribution in [1.29, 1.82) is 0 Å². The molecule has 0 aromatic heterocycles. The Morgan fingerprint density at radius 1 is 1.19 bits per heavy atom. The maximum atomic E-state index is 6.39. The van der Waals surface area contributed by atoms with Crippen molar-refractivity contribution in [3.63, 3.8) is 0 Å². The lowest BCUT2D eigenvalue weighted by Crippen LogP contribution is -2.36. The van der Waals surface area contributed by atoms with Crippen LogP contribution in [0.4, 0.5) is 0 Å². The fourth-order valence-electron chi connectivity index (χ4n) is 3.83. The van der Waals surface area contributed by atoms with Crippen LogP contribution in [0.1, 0.15) is 43.9 Å². The van der Waals surface area contributed by atoms with E-state index in [4.69, 9.17) is 16.3 Å². The van der Waals surface area contributed by atoms with Gasteiger partial charge in [-0.05, 0) is 87.5 Å². The predicted molar refractivity (Wildman–Crippen MR) is 113 cm³/mol. The third-order valence-electron chi connectivity index (χ3n) is 5.39. The number of likely N-dealkylation sites (tertiary alicyclic amines) is 1. The minimum Gasteiger partial charge on any atom is -0.494 e. The van der Waals surface area contributed by atoms with Crippen molar-refractivity contribution in [2.45, 2.75) is 39.2 Å². The van der Waals surface area contributed by atoms with Crippen LogP contribution in [0, 0.1) is 5.92 Å². The molecule has 140 valence electrons. The third kappa shape index (κ3) is 4.82. The highest BCUT2D eigenvalue weighted by Gasteiger charge is 2.25. The molecule has 4 heteroatoms. The van der Waals surface area contributed by atoms with Crippen LogP contribution in [0.15, 0.2) is 46.9 Å². The average molecular weight is 437 g/mol. The Hall–Kier alpha value is -1.03. The summed E-state index contributed by atoms with van der Waals surface area (Å²) in [5.41, 5.74) is 2.59. The van der Waals surface area contributed by atoms with Gasteiger partial charge in [0.25, 0.3) is 0 Å². The fraction of sp³-hybridized carbons (Fsp3) is 0.455. The smallest absolute Gasteiger partial charge is 0.119 e. The van der Waals surface area contributed by atoms with E-state index < -0.39 is 0 Å². The molecule has 0 saturated carbocycles. The number of halogens is 2. The van der Waals surface area contributed by atoms with E-state index in [9.17, 15) is 0 Å². The standard InChI is InChI=1S/C22H27BrClNO/c1-3-26-19-8-9-21(23)18(15-19)14-17-10-12-25(13-11-17)16(2)20-6-4-5-7-22(20)24/h4-9,15-17H,3,10-14H2,1-2H3. The Kier molecular flexibility index (Phi) is 7.02. The SMILES string of the molecule is CCOc1ccc(Br)c(CC2CCN(C(C)c3ccccc3Cl)CC2)c1. The molecule has 0 aliphatic carbocycles. The number of piperidine rings is 1. The van der Waals surface area contributed by atoms with Gasteiger partial charge in [0.15, 0.2) is 0 Å². The highest BCUT2D eigenvalue weighted by Crippen LogP contribution is 2.33. The van der Waals surface area contributed by atoms with Crippen molar-refractivity contribution in [2.75, 3.05) is 19.7 Å². The van der Waals surface area contributed by atoms with Crippen LogP contribution in [-0.2, 0) is 6.42 Å². The molecular weight excluding hydrogens is 410 g/mol. The van der Waals surface area contributed by atoms with E-state index >= 15 is 0 Å². The van der Waals surface area contributed by atoms with Gasteiger partial charge in [0.1, 0.15) is 5.75 Å². The normalized spacial score (nSPS) is 17.2. The largest absolute Gasteiger partial charge is 0.494 e. The fourth-order valence-corrected chi connectivity index (χ4v) is 4.53. The molecule has 0 N–H and O–H groups in total. The second-order valence-electron chi connectivity index (χ2n) is 7.07. The average Bonchev–Trinajstić information content (AvgIpc) is 2.65. The molecule has 2 aromatic rings. The topological polar surface area (TPSA) is 12.5 Å². The van der Waals surface area contributed by atoms with Gasteiger partial charge in [0.2, 0.25) is 0 Å². The predicted octanol–water partition coefficient (Wildman–Crippen LogP) is 6.52. The maximum absolute atomic E-state index is 6.39. The third-order valence-corrected chi connectivity index (χ3v) is 6.51. The number of hydrogen-bond donors (Lipinski definition) is 0. The molecule has 0 spiro atoms. The Morgan fingerprint density at radius 2 is 1.92 bits per heavy atom. The van der Waals surface area contributed by atoms with Crippen LogP contribution in [0.3, 0.4) is 0 Å². The van der Waals surface area contributed by atoms with Crippen molar-refractivity contribution in [1.82, 2.24) is 4.90 Å². The molecule has 1 unspecified atom stereocenters. The van der Waals surface area contributed by atoms with E-state index in [0.29, 0.717) is 12.6 Å². The lowest BCUT2D eigenvalue weighted by molar-refractivity contribution is 0.141. The zero-order valence-corrected chi connectivity index (χ0v) is 17.9. The second-order valence-corrected chi connectivity index (χ2v) is 8.33. The van der Waals surface area contributed by atoms with E-state index in [1.807, 2.05) is 25.1 Å². The second kappa shape index (κ2) is 9.25. The summed E-state index contributed by atoms with van der Waals surface area (Å²) in [4.78, 5) is 2.56. The van der Waals surface area contributed by atoms with Gasteiger partial charge in [-0.15, -0.1) is 0 Å². The van der Waals surface area contributed by atoms with Crippen LogP contribution < -0.4 is 4.74 Å². The Labute approximate surface area is 170 Å². The molecule has 1 fully saturated rings. The molecule has 3 rings (SSSR count). The molecular formula is C22H27BrClNO. The van der Waals surface area contributed by atoms with Crippen LogP contribution in [0.2, 0.25) is 5.02 Å². The summed E-state index contributed by atoms with van der Waals surface area (Å²) in [6, 6.07) is 14.9. The molecule has 1 saturated heterocycles. The summed E-state index contributed by atoms with van der Waals surface area (Å²) in [7, 11) is 0. The maximum Gasteiger partial charge on any atom is 0.119 e. The van der Waals surface area contributed by atoms with Gasteiger partial charge < -0.3 is 4.74 Å². The molecule has 1 atom stereocenters. The molecule has 1 aliphatic rings. The van der Waals surface area contributed by atoms with Crippen LogP contribution in [-0.4, -0.2) is 24.6 Å². The molecule has 1 heterocycles. The molecule has 0 bridgehead atoms. The lowest BCUT2D eigenvalue weighted by Gasteiger charge is -2.36. The molecule has 0 radical (unpaired) electrons. The molecule has 2 nitrogen and oxygen atoms in total. The summed E-state index contributed by atoms with van der Waals surface area (Å²) in [5.74, 6) is 1.69. The van der Waals surface area contributed by atoms with Gasteiger partial charge in [-0.1, -0.05) is 45.7 Å². The van der Waals surface area contributed by atoms with Crippen LogP contribution in [0.25, 0.3) is 0 Å². The first kappa shape index (κ1) is 19.7. The van der Waals surface area contributed by atoms with E-state index in [2.05, 4.69) is 52.0 Å². The van der Waals surface area contributed by atoms with Crippen molar-refractivity contribution in [3.05, 3.63) is 63.1 Å². The number of ether oxygens (including phenoxy) is 1. The summed E-state index contributed by atoms with van der Waals surface area (Å²) in [5, 5.41) is 0.874. The first-order valence-corrected chi connectivity index (χ1v) is 10.6. The highest BCUT2D eigenvalue weighted by atomic mass is 79.9. The number of nitrogens with zero attached hydrogens (tertiary/aromatic N) is 1. The Bertz CT molecular complexity index is 728. The molecule has 0 amide bonds. The molecule has 2 aromatic carbocycles. The number of hydrogen-bond acceptors (Lipinski definition) is 2. The monoisotopic (exact) mass is 435 g/mol. The summed E-state index contributed by atoms with van der Waals surface area (Å²) >= 11 is 10.1. The zero-order valence-electron chi connectivity index (χ0n) is 15.6. The van der Waals surface area contributed by atoms with Crippen molar-refractivity contribution >= 4 is 27.5 Å². The van der Waals surface area contributed by atoms with E-state index in [0.717, 1.165) is 36.2 Å². The minimum absolute atomic E-state index is 0.373. The highest BCUT2D eigenvalue weighted by molar-refractivity contribution is 9.10. The quantitative estimate of drug-likeness (QED) is 0.511. The first-order valence-electron chi connectivity index (χ1n) is 9.48. The van der Waals surface area contributed by atoms with Gasteiger partial charge in [0, 0.05) is 15.5 Å². The van der Waals surface area contributed by atoms with E-state index in [1.54, 1.807) is 0 Å². The van der Waals surface area contributed by atoms with Gasteiger partial charge in [-0.3, -0.25) is 4.90 Å². The van der Waals surface area contributed by atoms with Gasteiger partial charge in [-0.25, -0.2) is 0 Å². The van der Waals surface area contributed by atoms with E-state index in [1.165, 1.54) is 28.4 Å². The van der Waals surface area contributed by atoms with Gasteiger partial charge in [-0.2, -0.15) is 0 Å². The molecule has 26 heavy (non-hydrogen) atoms. The van der Waals surface area contributed by atoms with Crippen LogP contribution in [0.5, 0.6) is 5.75 Å². The number of benzene rings is 2. The van der Waals surface area contributed by atoms with Crippen molar-refractivity contribution < 1.29 is 4.74 Å². The minimum atomic E-state index is 0.373. The van der Waals surface area contributed by atoms with Crippen LogP contribution >= 0.6 is 27.5 Å². The van der Waals surface area contributed by atoms with E-state index in [-0.39, 0.29) is 0 Å². The Balaban J connectivity index is 1.59. The van der Waals surface area contributed by atoms with Gasteiger partial charge >= 0.3 is 0 Å². The van der Waals surface area contributed by atoms with Crippen molar-refractivity contribution in [2.24, 2.45) is 5.92 Å². The van der Waals surface area contributed by atoms with Gasteiger partial charge in [0.05, 0.1) is 6.61 Å². The van der Waals surface area contributed by atoms with Crippen molar-refractivity contribution in [3.8, 4) is 5.75 Å². The summed E-state index contributed by atoms with van der Waals surface area (Å²) < 4.78 is 6.85. The number of rotatable bonds is 6. The first-order chi connectivity index (χ1) is 12.6. The molecule has 1 aliphatic heterocycles.